The average Bonchev–Trinajstić information content (AvgIpc) is 2.26. The number of halogens is 1. The minimum absolute atomic E-state index is 0.0998. The maximum Gasteiger partial charge on any atom is 0.326 e. The van der Waals surface area contributed by atoms with Crippen LogP contribution in [0, 0.1) is 12.7 Å². The number of amides is 1. The Kier molecular flexibility index (Phi) is 4.59. The third kappa shape index (κ3) is 3.69. The van der Waals surface area contributed by atoms with E-state index in [-0.39, 0.29) is 12.0 Å². The third-order valence-corrected chi connectivity index (χ3v) is 2.31. The van der Waals surface area contributed by atoms with Gasteiger partial charge in [0.2, 0.25) is 0 Å². The van der Waals surface area contributed by atoms with Crippen LogP contribution in [0.2, 0.25) is 0 Å². The lowest BCUT2D eigenvalue weighted by atomic mass is 10.1. The number of carbonyl (C=O) groups excluding carboxylic acids is 1. The topological polar surface area (TPSA) is 66.4 Å². The zero-order valence-corrected chi connectivity index (χ0v) is 9.94. The number of carboxylic acid groups (broad SMARTS) is 1. The van der Waals surface area contributed by atoms with Gasteiger partial charge in [-0.2, -0.15) is 0 Å². The van der Waals surface area contributed by atoms with E-state index in [1.54, 1.807) is 6.92 Å². The predicted octanol–water partition coefficient (Wildman–Crippen LogP) is 1.89. The first-order valence-corrected chi connectivity index (χ1v) is 5.35. The molecular weight excluding hydrogens is 237 g/mol. The number of hydrogen-bond donors (Lipinski definition) is 2. The molecule has 1 aromatic rings. The largest absolute Gasteiger partial charge is 0.480 e. The molecule has 1 amide bonds. The summed E-state index contributed by atoms with van der Waals surface area (Å²) in [6.07, 6.45) is 1.51. The van der Waals surface area contributed by atoms with Gasteiger partial charge >= 0.3 is 5.97 Å². The van der Waals surface area contributed by atoms with Crippen molar-refractivity contribution in [2.75, 3.05) is 0 Å². The molecule has 1 rings (SSSR count). The van der Waals surface area contributed by atoms with E-state index in [0.29, 0.717) is 5.56 Å². The Balaban J connectivity index is 2.86. The van der Waals surface area contributed by atoms with Gasteiger partial charge in [-0.05, 0) is 37.1 Å². The summed E-state index contributed by atoms with van der Waals surface area (Å²) in [6.45, 7) is 5.07. The number of hydrogen-bond acceptors (Lipinski definition) is 2. The van der Waals surface area contributed by atoms with Crippen molar-refractivity contribution in [3.8, 4) is 0 Å². The molecule has 1 unspecified atom stereocenters. The quantitative estimate of drug-likeness (QED) is 0.785. The Morgan fingerprint density at radius 3 is 2.67 bits per heavy atom. The van der Waals surface area contributed by atoms with Crippen molar-refractivity contribution in [2.45, 2.75) is 19.4 Å². The molecule has 0 fully saturated rings. The Morgan fingerprint density at radius 1 is 1.50 bits per heavy atom. The summed E-state index contributed by atoms with van der Waals surface area (Å²) in [5, 5.41) is 11.2. The molecule has 0 aliphatic carbocycles. The van der Waals surface area contributed by atoms with E-state index in [0.717, 1.165) is 6.07 Å². The highest BCUT2D eigenvalue weighted by molar-refractivity contribution is 5.96. The van der Waals surface area contributed by atoms with Gasteiger partial charge in [-0.25, -0.2) is 9.18 Å². The highest BCUT2D eigenvalue weighted by atomic mass is 19.1. The Morgan fingerprint density at radius 2 is 2.17 bits per heavy atom. The fourth-order valence-electron chi connectivity index (χ4n) is 1.50. The summed E-state index contributed by atoms with van der Waals surface area (Å²) in [7, 11) is 0. The molecule has 0 aliphatic heterocycles. The summed E-state index contributed by atoms with van der Waals surface area (Å²) in [5.74, 6) is -2.31. The van der Waals surface area contributed by atoms with E-state index in [9.17, 15) is 14.0 Å². The molecule has 0 aromatic heterocycles. The zero-order chi connectivity index (χ0) is 13.7. The highest BCUT2D eigenvalue weighted by Gasteiger charge is 2.19. The van der Waals surface area contributed by atoms with Crippen molar-refractivity contribution >= 4 is 11.9 Å². The third-order valence-electron chi connectivity index (χ3n) is 2.31. The normalized spacial score (nSPS) is 11.7. The van der Waals surface area contributed by atoms with E-state index < -0.39 is 23.7 Å². The molecule has 1 atom stereocenters. The van der Waals surface area contributed by atoms with Crippen molar-refractivity contribution in [3.05, 3.63) is 47.8 Å². The van der Waals surface area contributed by atoms with Crippen LogP contribution in [-0.4, -0.2) is 23.0 Å². The first-order valence-electron chi connectivity index (χ1n) is 5.35. The Hall–Kier alpha value is -2.17. The monoisotopic (exact) mass is 251 g/mol. The SMILES string of the molecule is C=CCC(NC(=O)c1cc(C)cc(F)c1)C(=O)O. The molecule has 5 heteroatoms. The average molecular weight is 251 g/mol. The van der Waals surface area contributed by atoms with Gasteiger partial charge in [0.1, 0.15) is 11.9 Å². The van der Waals surface area contributed by atoms with Crippen molar-refractivity contribution in [2.24, 2.45) is 0 Å². The van der Waals surface area contributed by atoms with Crippen LogP contribution in [0.4, 0.5) is 4.39 Å². The minimum atomic E-state index is -1.16. The molecule has 0 aliphatic rings. The summed E-state index contributed by atoms with van der Waals surface area (Å²) in [5.41, 5.74) is 0.693. The second-order valence-electron chi connectivity index (χ2n) is 3.91. The van der Waals surface area contributed by atoms with Crippen molar-refractivity contribution in [3.63, 3.8) is 0 Å². The number of nitrogens with one attached hydrogen (secondary N) is 1. The molecule has 2 N–H and O–H groups in total. The van der Waals surface area contributed by atoms with E-state index in [1.807, 2.05) is 0 Å². The molecule has 4 nitrogen and oxygen atoms in total. The van der Waals surface area contributed by atoms with Crippen LogP contribution >= 0.6 is 0 Å². The van der Waals surface area contributed by atoms with Gasteiger partial charge in [-0.15, -0.1) is 6.58 Å². The fraction of sp³-hybridized carbons (Fsp3) is 0.231. The van der Waals surface area contributed by atoms with Gasteiger partial charge in [0.05, 0.1) is 0 Å². The number of carbonyl (C=O) groups is 2. The Bertz CT molecular complexity index is 465. The van der Waals surface area contributed by atoms with Crippen LogP contribution in [0.5, 0.6) is 0 Å². The molecule has 0 radical (unpaired) electrons. The first kappa shape index (κ1) is 13.9. The zero-order valence-electron chi connectivity index (χ0n) is 9.94. The molecule has 1 aromatic carbocycles. The molecule has 0 saturated heterocycles. The highest BCUT2D eigenvalue weighted by Crippen LogP contribution is 2.09. The molecule has 0 bridgehead atoms. The number of aliphatic carboxylic acids is 1. The second kappa shape index (κ2) is 5.95. The number of benzene rings is 1. The van der Waals surface area contributed by atoms with Crippen LogP contribution in [0.1, 0.15) is 22.3 Å². The molecule has 96 valence electrons. The predicted molar refractivity (Wildman–Crippen MR) is 64.8 cm³/mol. The van der Waals surface area contributed by atoms with Gasteiger partial charge in [0, 0.05) is 5.56 Å². The second-order valence-corrected chi connectivity index (χ2v) is 3.91. The van der Waals surface area contributed by atoms with Crippen LogP contribution in [0.15, 0.2) is 30.9 Å². The van der Waals surface area contributed by atoms with Crippen molar-refractivity contribution in [1.29, 1.82) is 0 Å². The van der Waals surface area contributed by atoms with Gasteiger partial charge in [0.15, 0.2) is 0 Å². The van der Waals surface area contributed by atoms with Gasteiger partial charge in [-0.3, -0.25) is 4.79 Å². The lowest BCUT2D eigenvalue weighted by Gasteiger charge is -2.12. The first-order chi connectivity index (χ1) is 8.43. The molecule has 0 spiro atoms. The van der Waals surface area contributed by atoms with Crippen molar-refractivity contribution in [1.82, 2.24) is 5.32 Å². The van der Waals surface area contributed by atoms with Crippen LogP contribution in [-0.2, 0) is 4.79 Å². The van der Waals surface area contributed by atoms with E-state index >= 15 is 0 Å². The van der Waals surface area contributed by atoms with Crippen LogP contribution < -0.4 is 5.32 Å². The summed E-state index contributed by atoms with van der Waals surface area (Å²) >= 11 is 0. The number of carboxylic acids is 1. The van der Waals surface area contributed by atoms with Crippen LogP contribution in [0.3, 0.4) is 0 Å². The fourth-order valence-corrected chi connectivity index (χ4v) is 1.50. The van der Waals surface area contributed by atoms with E-state index in [4.69, 9.17) is 5.11 Å². The summed E-state index contributed by atoms with van der Waals surface area (Å²) < 4.78 is 13.1. The van der Waals surface area contributed by atoms with Crippen LogP contribution in [0.25, 0.3) is 0 Å². The lowest BCUT2D eigenvalue weighted by molar-refractivity contribution is -0.139. The molecule has 18 heavy (non-hydrogen) atoms. The smallest absolute Gasteiger partial charge is 0.326 e. The molecular formula is C13H14FNO3. The summed E-state index contributed by atoms with van der Waals surface area (Å²) in [4.78, 5) is 22.6. The van der Waals surface area contributed by atoms with Gasteiger partial charge < -0.3 is 10.4 Å². The lowest BCUT2D eigenvalue weighted by Crippen LogP contribution is -2.40. The van der Waals surface area contributed by atoms with E-state index in [2.05, 4.69) is 11.9 Å². The molecule has 0 saturated carbocycles. The minimum Gasteiger partial charge on any atom is -0.480 e. The number of rotatable bonds is 5. The Labute approximate surface area is 104 Å². The van der Waals surface area contributed by atoms with Gasteiger partial charge in [-0.1, -0.05) is 6.08 Å². The van der Waals surface area contributed by atoms with Crippen molar-refractivity contribution < 1.29 is 19.1 Å². The summed E-state index contributed by atoms with van der Waals surface area (Å²) in [6, 6.07) is 2.79. The maximum atomic E-state index is 13.1. The molecule has 0 heterocycles. The standard InChI is InChI=1S/C13H14FNO3/c1-3-4-11(13(17)18)15-12(16)9-5-8(2)6-10(14)7-9/h3,5-7,11H,1,4H2,2H3,(H,15,16)(H,17,18). The van der Waals surface area contributed by atoms with Gasteiger partial charge in [0.25, 0.3) is 5.91 Å². The van der Waals surface area contributed by atoms with E-state index in [1.165, 1.54) is 18.2 Å². The maximum absolute atomic E-state index is 13.1. The number of aryl methyl sites for hydroxylation is 1.